The summed E-state index contributed by atoms with van der Waals surface area (Å²) in [6.45, 7) is 5.38. The summed E-state index contributed by atoms with van der Waals surface area (Å²) in [6.07, 6.45) is 1.21. The van der Waals surface area contributed by atoms with Gasteiger partial charge in [-0.05, 0) is 37.9 Å². The summed E-state index contributed by atoms with van der Waals surface area (Å²) in [7, 11) is -4.02. The molecule has 1 aromatic carbocycles. The Morgan fingerprint density at radius 2 is 1.89 bits per heavy atom. The molecule has 3 N–H and O–H groups in total. The fourth-order valence-corrected chi connectivity index (χ4v) is 2.33. The van der Waals surface area contributed by atoms with Crippen LogP contribution in [0.3, 0.4) is 0 Å². The second-order valence-corrected chi connectivity index (χ2v) is 6.22. The molecule has 0 amide bonds. The summed E-state index contributed by atoms with van der Waals surface area (Å²) in [5.74, 6) is 0.667. The van der Waals surface area contributed by atoms with Crippen LogP contribution >= 0.6 is 0 Å². The summed E-state index contributed by atoms with van der Waals surface area (Å²) < 4.78 is 29.6. The molecule has 0 unspecified atom stereocenters. The van der Waals surface area contributed by atoms with Gasteiger partial charge in [0.2, 0.25) is 0 Å². The minimum atomic E-state index is -4.02. The van der Waals surface area contributed by atoms with Gasteiger partial charge in [-0.2, -0.15) is 8.42 Å². The summed E-state index contributed by atoms with van der Waals surface area (Å²) in [5.41, 5.74) is 0.956. The van der Waals surface area contributed by atoms with Gasteiger partial charge < -0.3 is 10.4 Å². The molecule has 5 nitrogen and oxygen atoms in total. The maximum absolute atomic E-state index is 10.5. The Balaban J connectivity index is 0.000000200. The van der Waals surface area contributed by atoms with Crippen LogP contribution in [0.4, 0.5) is 0 Å². The number of aliphatic hydroxyl groups excluding tert-OH is 1. The van der Waals surface area contributed by atoms with E-state index in [9.17, 15) is 8.42 Å². The Hall–Kier alpha value is -0.950. The lowest BCUT2D eigenvalue weighted by Crippen LogP contribution is -2.29. The van der Waals surface area contributed by atoms with Gasteiger partial charge >= 0.3 is 0 Å². The van der Waals surface area contributed by atoms with Gasteiger partial charge in [-0.1, -0.05) is 24.6 Å². The van der Waals surface area contributed by atoms with Gasteiger partial charge in [-0.15, -0.1) is 0 Å². The molecule has 108 valence electrons. The normalized spacial score (nSPS) is 22.7. The van der Waals surface area contributed by atoms with Crippen LogP contribution in [0, 0.1) is 12.8 Å². The molecule has 0 spiro atoms. The lowest BCUT2D eigenvalue weighted by Gasteiger charge is -2.10. The van der Waals surface area contributed by atoms with Gasteiger partial charge in [0.25, 0.3) is 10.1 Å². The van der Waals surface area contributed by atoms with Gasteiger partial charge in [0.05, 0.1) is 11.5 Å². The first kappa shape index (κ1) is 16.1. The monoisotopic (exact) mass is 287 g/mol. The van der Waals surface area contributed by atoms with Gasteiger partial charge in [-0.25, -0.2) is 0 Å². The third-order valence-corrected chi connectivity index (χ3v) is 4.08. The van der Waals surface area contributed by atoms with Crippen LogP contribution in [0.5, 0.6) is 0 Å². The quantitative estimate of drug-likeness (QED) is 0.712. The summed E-state index contributed by atoms with van der Waals surface area (Å²) in [4.78, 5) is -0.0666. The molecule has 0 aliphatic carbocycles. The van der Waals surface area contributed by atoms with E-state index in [4.69, 9.17) is 9.66 Å². The van der Waals surface area contributed by atoms with Crippen LogP contribution in [0.25, 0.3) is 0 Å². The van der Waals surface area contributed by atoms with Crippen LogP contribution in [0.2, 0.25) is 0 Å². The van der Waals surface area contributed by atoms with Crippen LogP contribution in [-0.4, -0.2) is 37.3 Å². The fourth-order valence-electron chi connectivity index (χ4n) is 1.85. The molecular weight excluding hydrogens is 266 g/mol. The van der Waals surface area contributed by atoms with Crippen molar-refractivity contribution in [3.05, 3.63) is 29.8 Å². The van der Waals surface area contributed by atoms with Crippen LogP contribution in [0.15, 0.2) is 29.2 Å². The van der Waals surface area contributed by atoms with Crippen LogP contribution in [0.1, 0.15) is 18.9 Å². The minimum absolute atomic E-state index is 0.0666. The van der Waals surface area contributed by atoms with Crippen molar-refractivity contribution in [3.8, 4) is 0 Å². The highest BCUT2D eigenvalue weighted by atomic mass is 32.2. The molecule has 0 bridgehead atoms. The van der Waals surface area contributed by atoms with E-state index < -0.39 is 10.1 Å². The second kappa shape index (κ2) is 7.00. The molecule has 1 aliphatic rings. The van der Waals surface area contributed by atoms with Crippen molar-refractivity contribution < 1.29 is 18.1 Å². The Morgan fingerprint density at radius 3 is 2.21 bits per heavy atom. The van der Waals surface area contributed by atoms with E-state index in [1.54, 1.807) is 12.1 Å². The van der Waals surface area contributed by atoms with E-state index in [0.29, 0.717) is 18.6 Å². The number of hydrogen-bond donors (Lipinski definition) is 3. The lowest BCUT2D eigenvalue weighted by molar-refractivity contribution is 0.233. The molecule has 0 saturated carbocycles. The summed E-state index contributed by atoms with van der Waals surface area (Å²) in [5, 5.41) is 11.9. The minimum Gasteiger partial charge on any atom is -0.395 e. The van der Waals surface area contributed by atoms with E-state index in [1.807, 2.05) is 6.92 Å². The SMILES string of the molecule is C[C@@H]1CCN[C@@H]1CO.Cc1ccc(S(=O)(=O)O)cc1. The molecule has 6 heteroatoms. The first-order valence-corrected chi connectivity index (χ1v) is 7.67. The smallest absolute Gasteiger partial charge is 0.294 e. The highest BCUT2D eigenvalue weighted by Crippen LogP contribution is 2.12. The zero-order chi connectivity index (χ0) is 14.5. The second-order valence-electron chi connectivity index (χ2n) is 4.80. The maximum Gasteiger partial charge on any atom is 0.294 e. The average Bonchev–Trinajstić information content (AvgIpc) is 2.75. The van der Waals surface area contributed by atoms with Crippen molar-refractivity contribution >= 4 is 10.1 Å². The third kappa shape index (κ3) is 5.28. The number of hydrogen-bond acceptors (Lipinski definition) is 4. The number of aryl methyl sites for hydroxylation is 1. The Kier molecular flexibility index (Phi) is 5.93. The highest BCUT2D eigenvalue weighted by molar-refractivity contribution is 7.85. The lowest BCUT2D eigenvalue weighted by atomic mass is 10.1. The van der Waals surface area contributed by atoms with Crippen LogP contribution < -0.4 is 5.32 Å². The van der Waals surface area contributed by atoms with E-state index >= 15 is 0 Å². The molecule has 1 aromatic rings. The van der Waals surface area contributed by atoms with E-state index in [-0.39, 0.29) is 4.90 Å². The largest absolute Gasteiger partial charge is 0.395 e. The van der Waals surface area contributed by atoms with E-state index in [0.717, 1.165) is 12.1 Å². The molecule has 0 aromatic heterocycles. The first-order chi connectivity index (χ1) is 8.84. The molecule has 19 heavy (non-hydrogen) atoms. The molecule has 2 atom stereocenters. The fraction of sp³-hybridized carbons (Fsp3) is 0.538. The van der Waals surface area contributed by atoms with Crippen molar-refractivity contribution in [2.45, 2.75) is 31.2 Å². The average molecular weight is 287 g/mol. The predicted molar refractivity (Wildman–Crippen MR) is 73.7 cm³/mol. The highest BCUT2D eigenvalue weighted by Gasteiger charge is 2.20. The summed E-state index contributed by atoms with van der Waals surface area (Å²) in [6, 6.07) is 6.36. The predicted octanol–water partition coefficient (Wildman–Crippen LogP) is 1.22. The zero-order valence-electron chi connectivity index (χ0n) is 11.2. The van der Waals surface area contributed by atoms with Crippen molar-refractivity contribution in [1.29, 1.82) is 0 Å². The standard InChI is InChI=1S/C7H8O3S.C6H13NO/c1-6-2-4-7(5-3-6)11(8,9)10;1-5-2-3-7-6(5)4-8/h2-5H,1H3,(H,8,9,10);5-8H,2-4H2,1H3/t;5-,6-/m.1/s1. The number of nitrogens with one attached hydrogen (secondary N) is 1. The number of aliphatic hydroxyl groups is 1. The Bertz CT molecular complexity index is 484. The number of benzene rings is 1. The van der Waals surface area contributed by atoms with Gasteiger partial charge in [-0.3, -0.25) is 4.55 Å². The molecule has 1 fully saturated rings. The number of rotatable bonds is 2. The molecule has 1 saturated heterocycles. The first-order valence-electron chi connectivity index (χ1n) is 6.23. The molecule has 2 rings (SSSR count). The summed E-state index contributed by atoms with van der Waals surface area (Å²) >= 11 is 0. The Labute approximate surface area is 114 Å². The van der Waals surface area contributed by atoms with Crippen molar-refractivity contribution in [2.75, 3.05) is 13.2 Å². The maximum atomic E-state index is 10.5. The van der Waals surface area contributed by atoms with Crippen molar-refractivity contribution in [2.24, 2.45) is 5.92 Å². The zero-order valence-corrected chi connectivity index (χ0v) is 12.0. The topological polar surface area (TPSA) is 86.6 Å². The molecule has 1 aliphatic heterocycles. The molecular formula is C13H21NO4S. The van der Waals surface area contributed by atoms with Gasteiger partial charge in [0, 0.05) is 6.04 Å². The molecule has 1 heterocycles. The third-order valence-electron chi connectivity index (χ3n) is 3.21. The van der Waals surface area contributed by atoms with E-state index in [2.05, 4.69) is 12.2 Å². The van der Waals surface area contributed by atoms with E-state index in [1.165, 1.54) is 18.6 Å². The van der Waals surface area contributed by atoms with Gasteiger partial charge in [0.1, 0.15) is 0 Å². The molecule has 0 radical (unpaired) electrons. The van der Waals surface area contributed by atoms with Crippen molar-refractivity contribution in [1.82, 2.24) is 5.32 Å². The van der Waals surface area contributed by atoms with Crippen LogP contribution in [-0.2, 0) is 10.1 Å². The van der Waals surface area contributed by atoms with Crippen molar-refractivity contribution in [3.63, 3.8) is 0 Å². The Morgan fingerprint density at radius 1 is 1.32 bits per heavy atom. The van der Waals surface area contributed by atoms with Gasteiger partial charge in [0.15, 0.2) is 0 Å².